The lowest BCUT2D eigenvalue weighted by Gasteiger charge is -2.50. The van der Waals surface area contributed by atoms with Gasteiger partial charge in [-0.3, -0.25) is 19.7 Å². The molecular weight excluding hydrogens is 468 g/mol. The van der Waals surface area contributed by atoms with Gasteiger partial charge in [-0.1, -0.05) is 52.5 Å². The molecule has 5 rings (SSSR count). The van der Waals surface area contributed by atoms with Crippen LogP contribution in [0.4, 0.5) is 4.39 Å². The van der Waals surface area contributed by atoms with Gasteiger partial charge in [0.15, 0.2) is 0 Å². The van der Waals surface area contributed by atoms with Crippen molar-refractivity contribution in [3.05, 3.63) is 34.6 Å². The molecule has 202 valence electrons. The molecule has 3 saturated carbocycles. The highest BCUT2D eigenvalue weighted by atomic mass is 19.1. The van der Waals surface area contributed by atoms with Gasteiger partial charge in [0.25, 0.3) is 5.91 Å². The Bertz CT molecular complexity index is 967. The van der Waals surface area contributed by atoms with Crippen molar-refractivity contribution in [1.29, 1.82) is 0 Å². The molecule has 2 N–H and O–H groups in total. The lowest BCUT2D eigenvalue weighted by molar-refractivity contribution is -0.129. The molecule has 2 radical (unpaired) electrons. The van der Waals surface area contributed by atoms with E-state index in [1.54, 1.807) is 19.1 Å². The zero-order valence-corrected chi connectivity index (χ0v) is 23.0. The third kappa shape index (κ3) is 6.81. The summed E-state index contributed by atoms with van der Waals surface area (Å²) >= 11 is 0. The molecule has 3 amide bonds. The Labute approximate surface area is 222 Å². The van der Waals surface area contributed by atoms with Gasteiger partial charge in [-0.25, -0.2) is 4.39 Å². The second-order valence-corrected chi connectivity index (χ2v) is 11.1. The highest BCUT2D eigenvalue weighted by Crippen LogP contribution is 2.64. The minimum absolute atomic E-state index is 0.0263. The first-order valence-electron chi connectivity index (χ1n) is 14.1. The smallest absolute Gasteiger partial charge is 0.255 e. The van der Waals surface area contributed by atoms with Crippen molar-refractivity contribution in [2.24, 2.45) is 5.41 Å². The fourth-order valence-corrected chi connectivity index (χ4v) is 6.17. The summed E-state index contributed by atoms with van der Waals surface area (Å²) in [5.41, 5.74) is 1.82. The predicted molar refractivity (Wildman–Crippen MR) is 145 cm³/mol. The second-order valence-electron chi connectivity index (χ2n) is 11.1. The quantitative estimate of drug-likeness (QED) is 0.403. The lowest BCUT2D eigenvalue weighted by Crippen LogP contribution is -2.60. The number of rotatable bonds is 7. The molecular formula is C29H43BFN3O3. The summed E-state index contributed by atoms with van der Waals surface area (Å²) in [6.45, 7) is 7.56. The largest absolute Gasteiger partial charge is 0.322 e. The number of carbonyl (C=O) groups is 3. The first kappa shape index (κ1) is 29.3. The van der Waals surface area contributed by atoms with Gasteiger partial charge in [-0.05, 0) is 74.4 Å². The second kappa shape index (κ2) is 12.6. The Morgan fingerprint density at radius 3 is 2.43 bits per heavy atom. The Kier molecular flexibility index (Phi) is 9.96. The van der Waals surface area contributed by atoms with Crippen molar-refractivity contribution < 1.29 is 18.8 Å². The molecule has 3 aliphatic carbocycles. The highest BCUT2D eigenvalue weighted by molar-refractivity contribution is 6.16. The van der Waals surface area contributed by atoms with Crippen molar-refractivity contribution in [2.45, 2.75) is 122 Å². The number of hydrogen-bond donors (Lipinski definition) is 2. The molecule has 0 aromatic heterocycles. The topological polar surface area (TPSA) is 78.5 Å². The maximum atomic E-state index is 14.1. The van der Waals surface area contributed by atoms with E-state index < -0.39 is 17.8 Å². The Balaban J connectivity index is 0.000000205. The monoisotopic (exact) mass is 511 g/mol. The van der Waals surface area contributed by atoms with Gasteiger partial charge in [0.1, 0.15) is 11.9 Å². The van der Waals surface area contributed by atoms with Crippen LogP contribution in [0.5, 0.6) is 0 Å². The van der Waals surface area contributed by atoms with E-state index in [9.17, 15) is 18.8 Å². The van der Waals surface area contributed by atoms with Crippen molar-refractivity contribution in [2.75, 3.05) is 0 Å². The molecule has 1 aromatic carbocycles. The van der Waals surface area contributed by atoms with Crippen LogP contribution in [0.15, 0.2) is 12.1 Å². The molecule has 1 aromatic rings. The van der Waals surface area contributed by atoms with Crippen LogP contribution < -0.4 is 10.6 Å². The molecule has 1 aliphatic heterocycles. The van der Waals surface area contributed by atoms with Crippen molar-refractivity contribution in [1.82, 2.24) is 15.5 Å². The maximum absolute atomic E-state index is 14.1. The summed E-state index contributed by atoms with van der Waals surface area (Å²) in [4.78, 5) is 36.1. The van der Waals surface area contributed by atoms with Crippen LogP contribution in [0, 0.1) is 18.2 Å². The number of hydrogen-bond acceptors (Lipinski definition) is 4. The van der Waals surface area contributed by atoms with E-state index in [1.165, 1.54) is 62.7 Å². The molecule has 8 heteroatoms. The highest BCUT2D eigenvalue weighted by Gasteiger charge is 2.58. The number of amides is 3. The number of carbonyl (C=O) groups excluding carboxylic acids is 3. The molecule has 1 unspecified atom stereocenters. The minimum Gasteiger partial charge on any atom is -0.322 e. The summed E-state index contributed by atoms with van der Waals surface area (Å²) < 4.78 is 14.1. The number of nitrogens with zero attached hydrogens (tertiary/aromatic N) is 1. The third-order valence-electron chi connectivity index (χ3n) is 8.13. The summed E-state index contributed by atoms with van der Waals surface area (Å²) in [5.74, 6) is -1.32. The normalized spacial score (nSPS) is 21.4. The molecule has 1 atom stereocenters. The molecule has 4 aliphatic rings. The summed E-state index contributed by atoms with van der Waals surface area (Å²) in [5, 5.41) is 5.78. The first-order valence-corrected chi connectivity index (χ1v) is 14.1. The molecule has 0 bridgehead atoms. The minimum atomic E-state index is -0.764. The average molecular weight is 511 g/mol. The van der Waals surface area contributed by atoms with Crippen LogP contribution in [0.25, 0.3) is 0 Å². The standard InChI is InChI=1S/C15H17FN2O3.C12H20BN.C2H6/c1-3-4-12(14(20)17-8-19)18-7-11-10(15(18)21)6-5-9(2)13(11)16;13-12(8-11(9-12)6-7-11)14-10-4-2-1-3-5-10;1-2/h5-6,8,12H,3-4,7H2,1-2H3,(H,17,19,20);10,14H,1-9H2;1-2H3. The molecule has 6 nitrogen and oxygen atoms in total. The summed E-state index contributed by atoms with van der Waals surface area (Å²) in [6, 6.07) is 3.09. The van der Waals surface area contributed by atoms with Crippen LogP contribution in [0.2, 0.25) is 0 Å². The van der Waals surface area contributed by atoms with Crippen LogP contribution in [0.1, 0.15) is 113 Å². The predicted octanol–water partition coefficient (Wildman–Crippen LogP) is 4.90. The molecule has 1 heterocycles. The summed E-state index contributed by atoms with van der Waals surface area (Å²) in [7, 11) is 6.34. The van der Waals surface area contributed by atoms with Crippen molar-refractivity contribution >= 4 is 26.1 Å². The van der Waals surface area contributed by atoms with Gasteiger partial charge < -0.3 is 10.2 Å². The number of nitrogens with one attached hydrogen (secondary N) is 2. The average Bonchev–Trinajstić information content (AvgIpc) is 3.57. The van der Waals surface area contributed by atoms with Gasteiger partial charge >= 0.3 is 0 Å². The van der Waals surface area contributed by atoms with Gasteiger partial charge in [0, 0.05) is 17.2 Å². The number of halogens is 1. The lowest BCUT2D eigenvalue weighted by atomic mass is 9.54. The van der Waals surface area contributed by atoms with E-state index in [4.69, 9.17) is 7.85 Å². The van der Waals surface area contributed by atoms with Crippen LogP contribution in [0.3, 0.4) is 0 Å². The van der Waals surface area contributed by atoms with E-state index in [-0.39, 0.29) is 23.5 Å². The van der Waals surface area contributed by atoms with E-state index in [2.05, 4.69) is 10.6 Å². The Morgan fingerprint density at radius 1 is 1.22 bits per heavy atom. The zero-order valence-electron chi connectivity index (χ0n) is 23.0. The number of benzene rings is 1. The fourth-order valence-electron chi connectivity index (χ4n) is 6.17. The van der Waals surface area contributed by atoms with E-state index in [1.807, 2.05) is 20.8 Å². The number of imide groups is 1. The van der Waals surface area contributed by atoms with Crippen LogP contribution >= 0.6 is 0 Å². The SMILES string of the molecule is CC.CCCC(C(=O)NC=O)N1Cc2c(ccc(C)c2F)C1=O.[B]C1(NC2CCCCC2)CC2(CC2)C1. The zero-order chi connectivity index (χ0) is 27.2. The summed E-state index contributed by atoms with van der Waals surface area (Å²) in [6.07, 6.45) is 13.7. The van der Waals surface area contributed by atoms with E-state index in [0.29, 0.717) is 30.4 Å². The van der Waals surface area contributed by atoms with Crippen LogP contribution in [-0.4, -0.2) is 48.5 Å². The molecule has 0 saturated heterocycles. The van der Waals surface area contributed by atoms with Crippen molar-refractivity contribution in [3.63, 3.8) is 0 Å². The van der Waals surface area contributed by atoms with E-state index in [0.717, 1.165) is 11.5 Å². The fraction of sp³-hybridized carbons (Fsp3) is 0.690. The molecule has 1 spiro atoms. The molecule has 37 heavy (non-hydrogen) atoms. The van der Waals surface area contributed by atoms with Crippen LogP contribution in [-0.2, 0) is 16.1 Å². The first-order chi connectivity index (χ1) is 17.7. The van der Waals surface area contributed by atoms with Gasteiger partial charge in [0.2, 0.25) is 12.3 Å². The third-order valence-corrected chi connectivity index (χ3v) is 8.13. The molecule has 3 fully saturated rings. The van der Waals surface area contributed by atoms with Gasteiger partial charge in [-0.2, -0.15) is 0 Å². The Morgan fingerprint density at radius 2 is 1.86 bits per heavy atom. The Hall–Kier alpha value is -2.22. The van der Waals surface area contributed by atoms with Crippen molar-refractivity contribution in [3.8, 4) is 0 Å². The maximum Gasteiger partial charge on any atom is 0.255 e. The number of aryl methyl sites for hydroxylation is 1. The van der Waals surface area contributed by atoms with Gasteiger partial charge in [0.05, 0.1) is 14.4 Å². The number of fused-ring (bicyclic) bond motifs is 1. The van der Waals surface area contributed by atoms with Gasteiger partial charge in [-0.15, -0.1) is 0 Å². The van der Waals surface area contributed by atoms with E-state index >= 15 is 0 Å².